The van der Waals surface area contributed by atoms with Crippen LogP contribution in [0.3, 0.4) is 0 Å². The molecule has 2 heterocycles. The number of rotatable bonds is 4. The third kappa shape index (κ3) is 4.62. The van der Waals surface area contributed by atoms with Gasteiger partial charge in [0.15, 0.2) is 0 Å². The van der Waals surface area contributed by atoms with Crippen molar-refractivity contribution in [3.05, 3.63) is 214 Å². The average Bonchev–Trinajstić information content (AvgIpc) is 3.91. The Morgan fingerprint density at radius 2 is 0.793 bits per heavy atom. The van der Waals surface area contributed by atoms with Crippen LogP contribution in [0.4, 0.5) is 0 Å². The molecule has 1 unspecified atom stereocenters. The van der Waals surface area contributed by atoms with E-state index in [1.165, 1.54) is 89.0 Å². The summed E-state index contributed by atoms with van der Waals surface area (Å²) < 4.78 is 0. The summed E-state index contributed by atoms with van der Waals surface area (Å²) >= 11 is 0. The Morgan fingerprint density at radius 1 is 0.362 bits per heavy atom. The van der Waals surface area contributed by atoms with Crippen molar-refractivity contribution < 1.29 is 0 Å². The fraction of sp³-hybridized carbons (Fsp3) is 0.0714. The second kappa shape index (κ2) is 12.3. The first-order valence-corrected chi connectivity index (χ1v) is 26.0. The fourth-order valence-corrected chi connectivity index (χ4v) is 16.8. The van der Waals surface area contributed by atoms with Crippen LogP contribution in [-0.4, -0.2) is 16.9 Å². The molecule has 58 heavy (non-hydrogen) atoms. The van der Waals surface area contributed by atoms with E-state index in [1.54, 1.807) is 20.7 Å². The molecule has 0 saturated heterocycles. The summed E-state index contributed by atoms with van der Waals surface area (Å²) in [4.78, 5) is 0. The number of hydrogen-bond acceptors (Lipinski definition) is 0. The fourth-order valence-electron chi connectivity index (χ4n) is 11.2. The molecule has 2 heteroatoms. The van der Waals surface area contributed by atoms with Crippen LogP contribution < -0.4 is 20.7 Å². The van der Waals surface area contributed by atoms with E-state index >= 15 is 0 Å². The SMILES string of the molecule is C[SiH]1c2ccccc2-c2cc(/C=C/c3ccc4c(c3)C3(c5ccccc5-c5ccccc53)c3cc(/C=C/c5ccc6c(c5)-c5ccccc5[Si]6(C)C)ccc3-4)ccc21. The highest BCUT2D eigenvalue weighted by atomic mass is 28.3. The molecule has 0 saturated carbocycles. The zero-order chi connectivity index (χ0) is 38.8. The first-order chi connectivity index (χ1) is 28.4. The van der Waals surface area contributed by atoms with E-state index in [0.717, 1.165) is 0 Å². The van der Waals surface area contributed by atoms with Crippen molar-refractivity contribution in [3.63, 3.8) is 0 Å². The quantitative estimate of drug-likeness (QED) is 0.124. The van der Waals surface area contributed by atoms with E-state index in [1.807, 2.05) is 0 Å². The van der Waals surface area contributed by atoms with Crippen LogP contribution in [0.2, 0.25) is 19.6 Å². The first-order valence-electron chi connectivity index (χ1n) is 20.7. The van der Waals surface area contributed by atoms with E-state index < -0.39 is 22.3 Å². The average molecular weight is 771 g/mol. The van der Waals surface area contributed by atoms with E-state index in [2.05, 4.69) is 214 Å². The minimum atomic E-state index is -1.68. The lowest BCUT2D eigenvalue weighted by Gasteiger charge is -2.30. The molecule has 0 bridgehead atoms. The van der Waals surface area contributed by atoms with Gasteiger partial charge in [0, 0.05) is 0 Å². The molecule has 0 aromatic heterocycles. The molecule has 2 aliphatic heterocycles. The van der Waals surface area contributed by atoms with Crippen molar-refractivity contribution in [1.29, 1.82) is 0 Å². The largest absolute Gasteiger partial charge is 0.113 e. The van der Waals surface area contributed by atoms with Gasteiger partial charge in [-0.3, -0.25) is 0 Å². The standard InChI is InChI=1S/C56H42Si2/c1-57-52-18-10-6-14-44(52)46-32-36(26-30-53(46)57)20-22-38-24-28-42-43-29-25-39(23-21-37-27-31-55-47(33-37)45-15-7-11-19-54(45)58(55,2)3)35-51(43)56(50(42)34-38)48-16-8-4-12-40(48)41-13-5-9-17-49(41)56/h4-35,57H,1-3H3/b22-20+,23-21+. The molecule has 1 spiro atoms. The maximum atomic E-state index is 2.49. The van der Waals surface area contributed by atoms with E-state index in [0.29, 0.717) is 0 Å². The van der Waals surface area contributed by atoms with Gasteiger partial charge in [0.25, 0.3) is 0 Å². The summed E-state index contributed by atoms with van der Waals surface area (Å²) in [7, 11) is -2.81. The Balaban J connectivity index is 0.967. The number of fused-ring (bicyclic) bond motifs is 16. The number of hydrogen-bond donors (Lipinski definition) is 0. The van der Waals surface area contributed by atoms with Crippen LogP contribution in [0, 0.1) is 0 Å². The predicted molar refractivity (Wildman–Crippen MR) is 253 cm³/mol. The molecular weight excluding hydrogens is 729 g/mol. The van der Waals surface area contributed by atoms with Gasteiger partial charge in [0.2, 0.25) is 0 Å². The summed E-state index contributed by atoms with van der Waals surface area (Å²) in [6.45, 7) is 7.43. The van der Waals surface area contributed by atoms with Crippen molar-refractivity contribution >= 4 is 61.9 Å². The Kier molecular flexibility index (Phi) is 7.19. The zero-order valence-corrected chi connectivity index (χ0v) is 35.2. The molecule has 0 fully saturated rings. The minimum absolute atomic E-state index is 0.406. The summed E-state index contributed by atoms with van der Waals surface area (Å²) in [5.74, 6) is 0. The summed E-state index contributed by atoms with van der Waals surface area (Å²) in [5.41, 5.74) is 21.0. The van der Waals surface area contributed by atoms with Gasteiger partial charge in [-0.15, -0.1) is 0 Å². The number of benzene rings is 8. The summed E-state index contributed by atoms with van der Waals surface area (Å²) in [6.07, 6.45) is 9.26. The van der Waals surface area contributed by atoms with Crippen LogP contribution >= 0.6 is 0 Å². The van der Waals surface area contributed by atoms with Gasteiger partial charge in [-0.2, -0.15) is 0 Å². The molecule has 0 N–H and O–H groups in total. The topological polar surface area (TPSA) is 0 Å². The third-order valence-corrected chi connectivity index (χ3v) is 20.4. The highest BCUT2D eigenvalue weighted by Crippen LogP contribution is 2.63. The Bertz CT molecular complexity index is 3080. The van der Waals surface area contributed by atoms with Crippen LogP contribution in [0.25, 0.3) is 68.8 Å². The summed E-state index contributed by atoms with van der Waals surface area (Å²) in [5, 5.41) is 6.23. The van der Waals surface area contributed by atoms with Crippen molar-refractivity contribution in [2.24, 2.45) is 0 Å². The zero-order valence-electron chi connectivity index (χ0n) is 33.1. The molecule has 0 amide bonds. The van der Waals surface area contributed by atoms with Gasteiger partial charge in [-0.25, -0.2) is 0 Å². The highest BCUT2D eigenvalue weighted by molar-refractivity contribution is 7.03. The van der Waals surface area contributed by atoms with Gasteiger partial charge in [0.1, 0.15) is 16.9 Å². The van der Waals surface area contributed by atoms with Crippen molar-refractivity contribution in [3.8, 4) is 44.5 Å². The molecule has 12 rings (SSSR count). The molecule has 0 radical (unpaired) electrons. The van der Waals surface area contributed by atoms with Crippen molar-refractivity contribution in [2.75, 3.05) is 0 Å². The van der Waals surface area contributed by atoms with Crippen LogP contribution in [0.5, 0.6) is 0 Å². The second-order valence-electron chi connectivity index (χ2n) is 17.2. The minimum Gasteiger partial charge on any atom is -0.0641 e. The molecule has 0 nitrogen and oxygen atoms in total. The maximum absolute atomic E-state index is 2.49. The van der Waals surface area contributed by atoms with Crippen molar-refractivity contribution in [1.82, 2.24) is 0 Å². The van der Waals surface area contributed by atoms with E-state index in [4.69, 9.17) is 0 Å². The summed E-state index contributed by atoms with van der Waals surface area (Å²) in [6, 6.07) is 64.9. The molecule has 8 aromatic rings. The normalized spacial score (nSPS) is 16.5. The third-order valence-electron chi connectivity index (χ3n) is 13.9. The Morgan fingerprint density at radius 3 is 1.43 bits per heavy atom. The molecule has 2 aliphatic carbocycles. The Labute approximate surface area is 344 Å². The molecule has 8 aromatic carbocycles. The van der Waals surface area contributed by atoms with E-state index in [9.17, 15) is 0 Å². The highest BCUT2D eigenvalue weighted by Gasteiger charge is 2.51. The Hall–Kier alpha value is -6.33. The van der Waals surface area contributed by atoms with Crippen molar-refractivity contribution in [2.45, 2.75) is 25.1 Å². The molecule has 4 aliphatic rings. The smallest absolute Gasteiger partial charge is 0.0641 e. The van der Waals surface area contributed by atoms with Gasteiger partial charge in [-0.1, -0.05) is 200 Å². The molecule has 274 valence electrons. The van der Waals surface area contributed by atoms with Gasteiger partial charge in [0.05, 0.1) is 5.41 Å². The van der Waals surface area contributed by atoms with Crippen LogP contribution in [-0.2, 0) is 5.41 Å². The van der Waals surface area contributed by atoms with Crippen LogP contribution in [0.15, 0.2) is 170 Å². The molecular formula is C56H42Si2. The van der Waals surface area contributed by atoms with Gasteiger partial charge >= 0.3 is 0 Å². The lowest BCUT2D eigenvalue weighted by atomic mass is 9.70. The first kappa shape index (κ1) is 33.8. The van der Waals surface area contributed by atoms with Gasteiger partial charge in [-0.05, 0) is 124 Å². The lowest BCUT2D eigenvalue weighted by molar-refractivity contribution is 0.793. The monoisotopic (exact) mass is 770 g/mol. The predicted octanol–water partition coefficient (Wildman–Crippen LogP) is 11.1. The van der Waals surface area contributed by atoms with E-state index in [-0.39, 0.29) is 0 Å². The van der Waals surface area contributed by atoms with Crippen LogP contribution in [0.1, 0.15) is 44.5 Å². The van der Waals surface area contributed by atoms with Gasteiger partial charge < -0.3 is 0 Å². The lowest BCUT2D eigenvalue weighted by Crippen LogP contribution is -2.49. The second-order valence-corrected chi connectivity index (χ2v) is 24.3. The maximum Gasteiger partial charge on any atom is 0.113 e. The molecule has 1 atom stereocenters.